The van der Waals surface area contributed by atoms with Crippen molar-refractivity contribution in [2.75, 3.05) is 6.61 Å². The molecule has 3 aromatic carbocycles. The Kier molecular flexibility index (Phi) is 7.43. The molecule has 0 amide bonds. The second kappa shape index (κ2) is 10.2. The Balaban J connectivity index is 1.35. The van der Waals surface area contributed by atoms with Crippen molar-refractivity contribution in [1.82, 2.24) is 0 Å². The molecule has 2 atom stereocenters. The Bertz CT molecular complexity index is 1160. The standard InChI is InChI=1S/C33H40O3/c1-22-17-28(32(2,3)4)30(29(18-22)33(5,6)7)36-31(34)27-19-26(27)21-35-20-23-13-15-25(16-14-23)24-11-9-8-10-12-24/h8-18,26-27H,19-21H2,1-7H3. The molecule has 0 spiro atoms. The van der Waals surface area contributed by atoms with Crippen molar-refractivity contribution >= 4 is 5.97 Å². The number of carbonyl (C=O) groups is 1. The molecule has 2 unspecified atom stereocenters. The van der Waals surface area contributed by atoms with E-state index >= 15 is 0 Å². The lowest BCUT2D eigenvalue weighted by atomic mass is 9.78. The fraction of sp³-hybridized carbons (Fsp3) is 0.424. The zero-order chi connectivity index (χ0) is 26.1. The highest BCUT2D eigenvalue weighted by atomic mass is 16.5. The van der Waals surface area contributed by atoms with E-state index in [-0.39, 0.29) is 28.6 Å². The van der Waals surface area contributed by atoms with Crippen LogP contribution in [-0.2, 0) is 27.0 Å². The van der Waals surface area contributed by atoms with Crippen LogP contribution in [0.25, 0.3) is 11.1 Å². The first-order valence-corrected chi connectivity index (χ1v) is 13.0. The Hall–Kier alpha value is -2.91. The predicted molar refractivity (Wildman–Crippen MR) is 147 cm³/mol. The van der Waals surface area contributed by atoms with Gasteiger partial charge in [-0.25, -0.2) is 0 Å². The molecule has 0 aliphatic heterocycles. The first kappa shape index (κ1) is 26.2. The Labute approximate surface area is 216 Å². The zero-order valence-corrected chi connectivity index (χ0v) is 22.9. The van der Waals surface area contributed by atoms with Crippen molar-refractivity contribution < 1.29 is 14.3 Å². The van der Waals surface area contributed by atoms with E-state index in [1.807, 2.05) is 6.07 Å². The minimum Gasteiger partial charge on any atom is -0.426 e. The maximum absolute atomic E-state index is 13.2. The zero-order valence-electron chi connectivity index (χ0n) is 22.9. The van der Waals surface area contributed by atoms with Gasteiger partial charge in [0.15, 0.2) is 0 Å². The first-order chi connectivity index (χ1) is 16.9. The summed E-state index contributed by atoms with van der Waals surface area (Å²) in [5, 5.41) is 0. The molecule has 0 N–H and O–H groups in total. The molecular formula is C33H40O3. The number of hydrogen-bond acceptors (Lipinski definition) is 3. The molecule has 3 heteroatoms. The van der Waals surface area contributed by atoms with Gasteiger partial charge in [-0.15, -0.1) is 0 Å². The number of ether oxygens (including phenoxy) is 2. The van der Waals surface area contributed by atoms with Crippen LogP contribution in [0.2, 0.25) is 0 Å². The van der Waals surface area contributed by atoms with Gasteiger partial charge in [-0.2, -0.15) is 0 Å². The summed E-state index contributed by atoms with van der Waals surface area (Å²) < 4.78 is 12.1. The number of aryl methyl sites for hydroxylation is 1. The van der Waals surface area contributed by atoms with Crippen LogP contribution >= 0.6 is 0 Å². The number of carbonyl (C=O) groups excluding carboxylic acids is 1. The van der Waals surface area contributed by atoms with Gasteiger partial charge in [-0.1, -0.05) is 114 Å². The molecule has 4 rings (SSSR count). The van der Waals surface area contributed by atoms with Gasteiger partial charge in [0.1, 0.15) is 5.75 Å². The molecule has 1 saturated carbocycles. The molecule has 36 heavy (non-hydrogen) atoms. The highest BCUT2D eigenvalue weighted by molar-refractivity contribution is 5.79. The molecule has 0 aromatic heterocycles. The summed E-state index contributed by atoms with van der Waals surface area (Å²) in [6, 6.07) is 23.2. The third-order valence-corrected chi connectivity index (χ3v) is 6.94. The van der Waals surface area contributed by atoms with Gasteiger partial charge in [-0.05, 0) is 46.8 Å². The maximum Gasteiger partial charge on any atom is 0.314 e. The normalized spacial score (nSPS) is 17.6. The van der Waals surface area contributed by atoms with E-state index in [0.29, 0.717) is 13.2 Å². The van der Waals surface area contributed by atoms with Crippen molar-refractivity contribution in [3.05, 3.63) is 89.0 Å². The second-order valence-electron chi connectivity index (χ2n) is 12.3. The lowest BCUT2D eigenvalue weighted by molar-refractivity contribution is -0.136. The Morgan fingerprint density at radius 2 is 1.39 bits per heavy atom. The summed E-state index contributed by atoms with van der Waals surface area (Å²) >= 11 is 0. The van der Waals surface area contributed by atoms with Crippen LogP contribution in [-0.4, -0.2) is 12.6 Å². The minimum absolute atomic E-state index is 0.0904. The van der Waals surface area contributed by atoms with E-state index in [1.165, 1.54) is 16.7 Å². The summed E-state index contributed by atoms with van der Waals surface area (Å²) in [4.78, 5) is 13.2. The second-order valence-corrected chi connectivity index (χ2v) is 12.3. The Morgan fingerprint density at radius 3 is 1.94 bits per heavy atom. The molecule has 1 aliphatic rings. The van der Waals surface area contributed by atoms with E-state index in [0.717, 1.165) is 28.9 Å². The van der Waals surface area contributed by atoms with Crippen LogP contribution in [0.1, 0.15) is 70.2 Å². The summed E-state index contributed by atoms with van der Waals surface area (Å²) in [6.07, 6.45) is 0.827. The van der Waals surface area contributed by atoms with E-state index in [4.69, 9.17) is 9.47 Å². The molecule has 1 aliphatic carbocycles. The lowest BCUT2D eigenvalue weighted by Gasteiger charge is -2.29. The van der Waals surface area contributed by atoms with Crippen molar-refractivity contribution in [3.63, 3.8) is 0 Å². The average molecular weight is 485 g/mol. The van der Waals surface area contributed by atoms with Crippen LogP contribution in [0, 0.1) is 18.8 Å². The summed E-state index contributed by atoms with van der Waals surface area (Å²) in [5.41, 5.74) is 6.68. The number of hydrogen-bond donors (Lipinski definition) is 0. The molecule has 190 valence electrons. The fourth-order valence-electron chi connectivity index (χ4n) is 4.65. The fourth-order valence-corrected chi connectivity index (χ4v) is 4.65. The van der Waals surface area contributed by atoms with Crippen molar-refractivity contribution in [2.24, 2.45) is 11.8 Å². The quantitative estimate of drug-likeness (QED) is 0.252. The minimum atomic E-state index is -0.129. The smallest absolute Gasteiger partial charge is 0.314 e. The van der Waals surface area contributed by atoms with Gasteiger partial charge in [-0.3, -0.25) is 4.79 Å². The molecule has 0 radical (unpaired) electrons. The highest BCUT2D eigenvalue weighted by Gasteiger charge is 2.45. The third-order valence-electron chi connectivity index (χ3n) is 6.94. The van der Waals surface area contributed by atoms with E-state index in [9.17, 15) is 4.79 Å². The van der Waals surface area contributed by atoms with Crippen molar-refractivity contribution in [1.29, 1.82) is 0 Å². The number of benzene rings is 3. The highest BCUT2D eigenvalue weighted by Crippen LogP contribution is 2.44. The van der Waals surface area contributed by atoms with Crippen molar-refractivity contribution in [3.8, 4) is 16.9 Å². The van der Waals surface area contributed by atoms with Gasteiger partial charge in [0.2, 0.25) is 0 Å². The molecule has 0 bridgehead atoms. The molecule has 0 heterocycles. The lowest BCUT2D eigenvalue weighted by Crippen LogP contribution is -2.23. The van der Waals surface area contributed by atoms with Gasteiger partial charge < -0.3 is 9.47 Å². The predicted octanol–water partition coefficient (Wildman–Crippen LogP) is 8.02. The van der Waals surface area contributed by atoms with Gasteiger partial charge >= 0.3 is 5.97 Å². The summed E-state index contributed by atoms with van der Waals surface area (Å²) in [6.45, 7) is 16.3. The van der Waals surface area contributed by atoms with Gasteiger partial charge in [0.05, 0.1) is 19.1 Å². The first-order valence-electron chi connectivity index (χ1n) is 13.0. The summed E-state index contributed by atoms with van der Waals surface area (Å²) in [5.74, 6) is 0.751. The van der Waals surface area contributed by atoms with Crippen LogP contribution in [0.4, 0.5) is 0 Å². The monoisotopic (exact) mass is 484 g/mol. The van der Waals surface area contributed by atoms with Gasteiger partial charge in [0.25, 0.3) is 0 Å². The number of esters is 1. The van der Waals surface area contributed by atoms with Crippen molar-refractivity contribution in [2.45, 2.75) is 72.3 Å². The third kappa shape index (κ3) is 6.25. The summed E-state index contributed by atoms with van der Waals surface area (Å²) in [7, 11) is 0. The van der Waals surface area contributed by atoms with Crippen LogP contribution in [0.3, 0.4) is 0 Å². The average Bonchev–Trinajstić information content (AvgIpc) is 3.59. The van der Waals surface area contributed by atoms with E-state index in [2.05, 4.69) is 109 Å². The molecule has 3 aromatic rings. The maximum atomic E-state index is 13.2. The van der Waals surface area contributed by atoms with Crippen LogP contribution in [0.15, 0.2) is 66.7 Å². The largest absolute Gasteiger partial charge is 0.426 e. The van der Waals surface area contributed by atoms with E-state index < -0.39 is 0 Å². The molecule has 1 fully saturated rings. The number of rotatable bonds is 7. The molecule has 3 nitrogen and oxygen atoms in total. The van der Waals surface area contributed by atoms with E-state index in [1.54, 1.807) is 0 Å². The van der Waals surface area contributed by atoms with Crippen LogP contribution < -0.4 is 4.74 Å². The molecular weight excluding hydrogens is 444 g/mol. The van der Waals surface area contributed by atoms with Gasteiger partial charge in [0, 0.05) is 11.1 Å². The molecule has 0 saturated heterocycles. The topological polar surface area (TPSA) is 35.5 Å². The SMILES string of the molecule is Cc1cc(C(C)(C)C)c(OC(=O)C2CC2COCc2ccc(-c3ccccc3)cc2)c(C(C)(C)C)c1. The van der Waals surface area contributed by atoms with Crippen LogP contribution in [0.5, 0.6) is 5.75 Å². The Morgan fingerprint density at radius 1 is 0.833 bits per heavy atom.